The average molecular weight is 271 g/mol. The normalized spacial score (nSPS) is 18.1. The van der Waals surface area contributed by atoms with Gasteiger partial charge in [0.1, 0.15) is 5.75 Å². The van der Waals surface area contributed by atoms with E-state index in [1.807, 2.05) is 33.8 Å². The van der Waals surface area contributed by atoms with Gasteiger partial charge in [-0.05, 0) is 44.9 Å². The first-order valence-corrected chi connectivity index (χ1v) is 6.58. The van der Waals surface area contributed by atoms with Crippen molar-refractivity contribution in [1.29, 1.82) is 0 Å². The molecule has 0 atom stereocenters. The van der Waals surface area contributed by atoms with Crippen LogP contribution in [0.4, 0.5) is 0 Å². The van der Waals surface area contributed by atoms with Gasteiger partial charge in [-0.15, -0.1) is 0 Å². The molecule has 1 saturated heterocycles. The van der Waals surface area contributed by atoms with Crippen LogP contribution in [0.15, 0.2) is 6.07 Å². The minimum atomic E-state index is -0.758. The van der Waals surface area contributed by atoms with E-state index in [-0.39, 0.29) is 0 Å². The fourth-order valence-corrected chi connectivity index (χ4v) is 2.56. The first kappa shape index (κ1) is 13.7. The van der Waals surface area contributed by atoms with Crippen molar-refractivity contribution in [3.05, 3.63) is 27.8 Å². The van der Waals surface area contributed by atoms with E-state index in [9.17, 15) is 0 Å². The van der Waals surface area contributed by atoms with E-state index >= 15 is 0 Å². The van der Waals surface area contributed by atoms with E-state index in [1.54, 1.807) is 0 Å². The van der Waals surface area contributed by atoms with Crippen LogP contribution in [0.25, 0.3) is 0 Å². The molecule has 0 amide bonds. The van der Waals surface area contributed by atoms with Crippen molar-refractivity contribution in [3.8, 4) is 5.75 Å². The second-order valence-corrected chi connectivity index (χ2v) is 4.96. The standard InChI is InChI=1S/C14H19ClO3/c1-5-16-11-8-9(2)13(15)10(3)12(11)14(4)17-6-7-18-14/h8H,5-7H2,1-4H3. The maximum Gasteiger partial charge on any atom is 0.195 e. The fourth-order valence-electron chi connectivity index (χ4n) is 2.42. The zero-order chi connectivity index (χ0) is 13.3. The van der Waals surface area contributed by atoms with Crippen molar-refractivity contribution in [2.75, 3.05) is 19.8 Å². The van der Waals surface area contributed by atoms with Crippen molar-refractivity contribution in [3.63, 3.8) is 0 Å². The molecule has 18 heavy (non-hydrogen) atoms. The molecule has 0 bridgehead atoms. The van der Waals surface area contributed by atoms with Crippen LogP contribution in [0.3, 0.4) is 0 Å². The number of halogens is 1. The number of ether oxygens (including phenoxy) is 3. The largest absolute Gasteiger partial charge is 0.493 e. The number of hydrogen-bond acceptors (Lipinski definition) is 3. The highest BCUT2D eigenvalue weighted by atomic mass is 35.5. The predicted octanol–water partition coefficient (Wildman–Crippen LogP) is 3.58. The van der Waals surface area contributed by atoms with E-state index < -0.39 is 5.79 Å². The summed E-state index contributed by atoms with van der Waals surface area (Å²) in [5, 5.41) is 0.744. The first-order valence-electron chi connectivity index (χ1n) is 6.20. The Balaban J connectivity index is 2.59. The molecule has 1 aliphatic rings. The lowest BCUT2D eigenvalue weighted by Crippen LogP contribution is -2.25. The lowest BCUT2D eigenvalue weighted by Gasteiger charge is -2.28. The molecule has 3 nitrogen and oxygen atoms in total. The van der Waals surface area contributed by atoms with Gasteiger partial charge in [-0.1, -0.05) is 11.6 Å². The third kappa shape index (κ3) is 2.22. The molecule has 0 N–H and O–H groups in total. The number of benzene rings is 1. The zero-order valence-corrected chi connectivity index (χ0v) is 12.1. The minimum Gasteiger partial charge on any atom is -0.493 e. The quantitative estimate of drug-likeness (QED) is 0.840. The van der Waals surface area contributed by atoms with Crippen molar-refractivity contribution in [1.82, 2.24) is 0 Å². The Bertz CT molecular complexity index is 451. The number of aryl methyl sites for hydroxylation is 1. The van der Waals surface area contributed by atoms with Gasteiger partial charge in [0, 0.05) is 5.02 Å². The van der Waals surface area contributed by atoms with Crippen LogP contribution in [-0.4, -0.2) is 19.8 Å². The Kier molecular flexibility index (Phi) is 3.85. The highest BCUT2D eigenvalue weighted by Gasteiger charge is 2.38. The van der Waals surface area contributed by atoms with E-state index in [2.05, 4.69) is 0 Å². The summed E-state index contributed by atoms with van der Waals surface area (Å²) in [6, 6.07) is 1.95. The highest BCUT2D eigenvalue weighted by Crippen LogP contribution is 2.42. The van der Waals surface area contributed by atoms with Crippen LogP contribution in [-0.2, 0) is 15.3 Å². The molecule has 0 spiro atoms. The Labute approximate surface area is 113 Å². The van der Waals surface area contributed by atoms with Crippen LogP contribution >= 0.6 is 11.6 Å². The summed E-state index contributed by atoms with van der Waals surface area (Å²) in [4.78, 5) is 0. The molecule has 0 aliphatic carbocycles. The van der Waals surface area contributed by atoms with Crippen molar-refractivity contribution < 1.29 is 14.2 Å². The van der Waals surface area contributed by atoms with Gasteiger partial charge < -0.3 is 14.2 Å². The summed E-state index contributed by atoms with van der Waals surface area (Å²) in [5.74, 6) is 0.0349. The molecular weight excluding hydrogens is 252 g/mol. The number of rotatable bonds is 3. The SMILES string of the molecule is CCOc1cc(C)c(Cl)c(C)c1C1(C)OCCO1. The smallest absolute Gasteiger partial charge is 0.195 e. The Morgan fingerprint density at radius 1 is 1.33 bits per heavy atom. The fraction of sp³-hybridized carbons (Fsp3) is 0.571. The Hall–Kier alpha value is -0.770. The van der Waals surface area contributed by atoms with Crippen LogP contribution in [0, 0.1) is 13.8 Å². The van der Waals surface area contributed by atoms with Gasteiger partial charge >= 0.3 is 0 Å². The molecule has 0 saturated carbocycles. The van der Waals surface area contributed by atoms with Crippen molar-refractivity contribution >= 4 is 11.6 Å². The van der Waals surface area contributed by atoms with Crippen LogP contribution in [0.5, 0.6) is 5.75 Å². The second kappa shape index (κ2) is 5.08. The second-order valence-electron chi connectivity index (χ2n) is 4.58. The molecule has 100 valence electrons. The summed E-state index contributed by atoms with van der Waals surface area (Å²) >= 11 is 6.33. The molecule has 4 heteroatoms. The third-order valence-corrected chi connectivity index (χ3v) is 3.82. The summed E-state index contributed by atoms with van der Waals surface area (Å²) in [5.41, 5.74) is 2.87. The van der Waals surface area contributed by atoms with Crippen LogP contribution < -0.4 is 4.74 Å². The predicted molar refractivity (Wildman–Crippen MR) is 71.4 cm³/mol. The molecule has 1 aromatic carbocycles. The molecule has 1 aliphatic heterocycles. The lowest BCUT2D eigenvalue weighted by molar-refractivity contribution is -0.151. The molecule has 0 radical (unpaired) electrons. The minimum absolute atomic E-state index is 0.590. The van der Waals surface area contributed by atoms with Gasteiger partial charge in [-0.25, -0.2) is 0 Å². The van der Waals surface area contributed by atoms with Gasteiger partial charge in [0.05, 0.1) is 25.4 Å². The van der Waals surface area contributed by atoms with Gasteiger partial charge in [-0.3, -0.25) is 0 Å². The summed E-state index contributed by atoms with van der Waals surface area (Å²) in [6.07, 6.45) is 0. The van der Waals surface area contributed by atoms with E-state index in [4.69, 9.17) is 25.8 Å². The summed E-state index contributed by atoms with van der Waals surface area (Å²) in [6.45, 7) is 9.60. The van der Waals surface area contributed by atoms with Gasteiger partial charge in [-0.2, -0.15) is 0 Å². The van der Waals surface area contributed by atoms with Crippen LogP contribution in [0.2, 0.25) is 5.02 Å². The van der Waals surface area contributed by atoms with Gasteiger partial charge in [0.25, 0.3) is 0 Å². The average Bonchev–Trinajstić information content (AvgIpc) is 2.74. The maximum absolute atomic E-state index is 6.33. The molecule has 1 fully saturated rings. The molecule has 2 rings (SSSR count). The monoisotopic (exact) mass is 270 g/mol. The van der Waals surface area contributed by atoms with Gasteiger partial charge in [0.2, 0.25) is 0 Å². The zero-order valence-electron chi connectivity index (χ0n) is 11.3. The highest BCUT2D eigenvalue weighted by molar-refractivity contribution is 6.32. The van der Waals surface area contributed by atoms with Crippen molar-refractivity contribution in [2.45, 2.75) is 33.5 Å². The number of hydrogen-bond donors (Lipinski definition) is 0. The van der Waals surface area contributed by atoms with E-state index in [0.29, 0.717) is 19.8 Å². The van der Waals surface area contributed by atoms with Gasteiger partial charge in [0.15, 0.2) is 5.79 Å². The lowest BCUT2D eigenvalue weighted by atomic mass is 9.97. The van der Waals surface area contributed by atoms with E-state index in [1.165, 1.54) is 0 Å². The molecule has 0 aromatic heterocycles. The summed E-state index contributed by atoms with van der Waals surface area (Å²) in [7, 11) is 0. The first-order chi connectivity index (χ1) is 8.49. The molecule has 1 aromatic rings. The topological polar surface area (TPSA) is 27.7 Å². The third-order valence-electron chi connectivity index (χ3n) is 3.24. The molecule has 0 unspecified atom stereocenters. The van der Waals surface area contributed by atoms with E-state index in [0.717, 1.165) is 27.5 Å². The maximum atomic E-state index is 6.33. The molecular formula is C14H19ClO3. The Morgan fingerprint density at radius 3 is 2.50 bits per heavy atom. The Morgan fingerprint density at radius 2 is 1.94 bits per heavy atom. The van der Waals surface area contributed by atoms with Crippen LogP contribution in [0.1, 0.15) is 30.5 Å². The summed E-state index contributed by atoms with van der Waals surface area (Å²) < 4.78 is 17.2. The van der Waals surface area contributed by atoms with Crippen molar-refractivity contribution in [2.24, 2.45) is 0 Å². The molecule has 1 heterocycles.